The summed E-state index contributed by atoms with van der Waals surface area (Å²) in [5.41, 5.74) is -0.0336. The van der Waals surface area contributed by atoms with Gasteiger partial charge in [-0.3, -0.25) is 4.79 Å². The number of pyridine rings is 1. The maximum atomic E-state index is 13.2. The van der Waals surface area contributed by atoms with Gasteiger partial charge in [0.05, 0.1) is 11.6 Å². The molecule has 0 saturated heterocycles. The molecule has 0 aliphatic heterocycles. The minimum Gasteiger partial charge on any atom is -0.465 e. The Kier molecular flexibility index (Phi) is 4.74. The SMILES string of the molecule is CCOC(=O)CC#Cc1ncc(Cl)cc1F. The van der Waals surface area contributed by atoms with Crippen molar-refractivity contribution in [2.45, 2.75) is 13.3 Å². The van der Waals surface area contributed by atoms with Crippen LogP contribution in [0.15, 0.2) is 12.3 Å². The smallest absolute Gasteiger partial charge is 0.317 e. The Labute approximate surface area is 97.6 Å². The first-order chi connectivity index (χ1) is 7.63. The van der Waals surface area contributed by atoms with Crippen molar-refractivity contribution in [2.24, 2.45) is 0 Å². The molecule has 0 saturated carbocycles. The molecule has 0 spiro atoms. The number of nitrogens with zero attached hydrogens (tertiary/aromatic N) is 1. The number of ether oxygens (including phenoxy) is 1. The molecule has 3 nitrogen and oxygen atoms in total. The number of halogens is 2. The fourth-order valence-electron chi connectivity index (χ4n) is 0.919. The van der Waals surface area contributed by atoms with Gasteiger partial charge in [-0.25, -0.2) is 9.37 Å². The molecular weight excluding hydrogens is 233 g/mol. The van der Waals surface area contributed by atoms with E-state index in [-0.39, 0.29) is 17.1 Å². The van der Waals surface area contributed by atoms with Crippen LogP contribution < -0.4 is 0 Å². The second-order valence-electron chi connectivity index (χ2n) is 2.77. The zero-order chi connectivity index (χ0) is 12.0. The Morgan fingerprint density at radius 2 is 2.44 bits per heavy atom. The fourth-order valence-corrected chi connectivity index (χ4v) is 1.06. The van der Waals surface area contributed by atoms with Gasteiger partial charge in [0, 0.05) is 6.20 Å². The Balaban J connectivity index is 2.66. The number of hydrogen-bond acceptors (Lipinski definition) is 3. The van der Waals surface area contributed by atoms with Crippen molar-refractivity contribution < 1.29 is 13.9 Å². The monoisotopic (exact) mass is 241 g/mol. The first-order valence-corrected chi connectivity index (χ1v) is 4.96. The lowest BCUT2D eigenvalue weighted by atomic mass is 10.3. The number of esters is 1. The van der Waals surface area contributed by atoms with Crippen LogP contribution in [0.5, 0.6) is 0 Å². The van der Waals surface area contributed by atoms with E-state index in [4.69, 9.17) is 11.6 Å². The first-order valence-electron chi connectivity index (χ1n) is 4.59. The van der Waals surface area contributed by atoms with E-state index in [1.165, 1.54) is 6.20 Å². The largest absolute Gasteiger partial charge is 0.465 e. The van der Waals surface area contributed by atoms with E-state index in [0.29, 0.717) is 6.61 Å². The third-order valence-corrected chi connectivity index (χ3v) is 1.76. The number of aromatic nitrogens is 1. The van der Waals surface area contributed by atoms with E-state index < -0.39 is 11.8 Å². The Hall–Kier alpha value is -1.60. The quantitative estimate of drug-likeness (QED) is 0.589. The Morgan fingerprint density at radius 3 is 3.06 bits per heavy atom. The van der Waals surface area contributed by atoms with E-state index in [2.05, 4.69) is 21.6 Å². The number of carbonyl (C=O) groups excluding carboxylic acids is 1. The first kappa shape index (κ1) is 12.5. The van der Waals surface area contributed by atoms with Gasteiger partial charge in [-0.2, -0.15) is 0 Å². The van der Waals surface area contributed by atoms with E-state index >= 15 is 0 Å². The summed E-state index contributed by atoms with van der Waals surface area (Å²) < 4.78 is 17.8. The standard InChI is InChI=1S/C11H9ClFNO2/c1-2-16-11(15)5-3-4-10-9(13)6-8(12)7-14-10/h6-7H,2,5H2,1H3. The molecule has 0 aliphatic rings. The lowest BCUT2D eigenvalue weighted by Gasteiger charge is -1.95. The molecule has 0 aliphatic carbocycles. The predicted octanol–water partition coefficient (Wildman–Crippen LogP) is 2.18. The Morgan fingerprint density at radius 1 is 1.69 bits per heavy atom. The number of rotatable bonds is 2. The zero-order valence-electron chi connectivity index (χ0n) is 8.59. The summed E-state index contributed by atoms with van der Waals surface area (Å²) in [6.07, 6.45) is 1.20. The molecule has 0 radical (unpaired) electrons. The van der Waals surface area contributed by atoms with Gasteiger partial charge in [-0.05, 0) is 18.9 Å². The van der Waals surface area contributed by atoms with E-state index in [0.717, 1.165) is 6.07 Å². The molecule has 0 fully saturated rings. The highest BCUT2D eigenvalue weighted by atomic mass is 35.5. The molecule has 1 aromatic rings. The van der Waals surface area contributed by atoms with Crippen molar-refractivity contribution in [1.82, 2.24) is 4.98 Å². The van der Waals surface area contributed by atoms with Crippen LogP contribution in [-0.2, 0) is 9.53 Å². The molecular formula is C11H9ClFNO2. The molecule has 1 aromatic heterocycles. The average molecular weight is 242 g/mol. The summed E-state index contributed by atoms with van der Waals surface area (Å²) in [6.45, 7) is 2.00. The van der Waals surface area contributed by atoms with E-state index in [9.17, 15) is 9.18 Å². The summed E-state index contributed by atoms with van der Waals surface area (Å²) in [7, 11) is 0. The molecule has 1 rings (SSSR count). The molecule has 84 valence electrons. The van der Waals surface area contributed by atoms with E-state index in [1.807, 2.05) is 0 Å². The van der Waals surface area contributed by atoms with Gasteiger partial charge in [-0.1, -0.05) is 17.5 Å². The van der Waals surface area contributed by atoms with Gasteiger partial charge in [0.2, 0.25) is 0 Å². The van der Waals surface area contributed by atoms with Gasteiger partial charge in [0.15, 0.2) is 5.82 Å². The van der Waals surface area contributed by atoms with Crippen LogP contribution in [-0.4, -0.2) is 17.6 Å². The van der Waals surface area contributed by atoms with Crippen LogP contribution in [0, 0.1) is 17.7 Å². The Bertz CT molecular complexity index is 451. The second kappa shape index (κ2) is 6.09. The average Bonchev–Trinajstić information content (AvgIpc) is 2.22. The third-order valence-electron chi connectivity index (χ3n) is 1.55. The maximum absolute atomic E-state index is 13.2. The number of carbonyl (C=O) groups is 1. The van der Waals surface area contributed by atoms with Crippen molar-refractivity contribution in [2.75, 3.05) is 6.61 Å². The van der Waals surface area contributed by atoms with Crippen molar-refractivity contribution in [3.05, 3.63) is 28.8 Å². The van der Waals surface area contributed by atoms with Crippen LogP contribution >= 0.6 is 11.6 Å². The van der Waals surface area contributed by atoms with Crippen molar-refractivity contribution >= 4 is 17.6 Å². The van der Waals surface area contributed by atoms with Gasteiger partial charge < -0.3 is 4.74 Å². The van der Waals surface area contributed by atoms with Crippen molar-refractivity contribution in [3.8, 4) is 11.8 Å². The molecule has 0 N–H and O–H groups in total. The number of hydrogen-bond donors (Lipinski definition) is 0. The van der Waals surface area contributed by atoms with Crippen LogP contribution in [0.2, 0.25) is 5.02 Å². The van der Waals surface area contributed by atoms with E-state index in [1.54, 1.807) is 6.92 Å². The minimum absolute atomic E-state index is 0.0336. The molecule has 16 heavy (non-hydrogen) atoms. The van der Waals surface area contributed by atoms with Crippen LogP contribution in [0.3, 0.4) is 0 Å². The van der Waals surface area contributed by atoms with Crippen LogP contribution in [0.1, 0.15) is 19.0 Å². The van der Waals surface area contributed by atoms with Gasteiger partial charge in [-0.15, -0.1) is 0 Å². The molecule has 0 amide bonds. The highest BCUT2D eigenvalue weighted by Crippen LogP contribution is 2.10. The molecule has 5 heteroatoms. The summed E-state index contributed by atoms with van der Waals surface area (Å²) in [6, 6.07) is 1.11. The summed E-state index contributed by atoms with van der Waals surface area (Å²) in [5.74, 6) is 3.86. The highest BCUT2D eigenvalue weighted by Gasteiger charge is 2.01. The normalized spacial score (nSPS) is 9.19. The summed E-state index contributed by atoms with van der Waals surface area (Å²) in [5, 5.41) is 0.202. The van der Waals surface area contributed by atoms with Crippen LogP contribution in [0.25, 0.3) is 0 Å². The topological polar surface area (TPSA) is 39.2 Å². The second-order valence-corrected chi connectivity index (χ2v) is 3.20. The summed E-state index contributed by atoms with van der Waals surface area (Å²) >= 11 is 5.52. The van der Waals surface area contributed by atoms with Crippen molar-refractivity contribution in [3.63, 3.8) is 0 Å². The lowest BCUT2D eigenvalue weighted by molar-refractivity contribution is -0.141. The molecule has 0 unspecified atom stereocenters. The zero-order valence-corrected chi connectivity index (χ0v) is 9.34. The van der Waals surface area contributed by atoms with Gasteiger partial charge in [0.25, 0.3) is 0 Å². The van der Waals surface area contributed by atoms with Crippen molar-refractivity contribution in [1.29, 1.82) is 0 Å². The van der Waals surface area contributed by atoms with Crippen LogP contribution in [0.4, 0.5) is 4.39 Å². The summed E-state index contributed by atoms with van der Waals surface area (Å²) in [4.78, 5) is 14.6. The lowest BCUT2D eigenvalue weighted by Crippen LogP contribution is -2.01. The minimum atomic E-state index is -0.608. The molecule has 1 heterocycles. The highest BCUT2D eigenvalue weighted by molar-refractivity contribution is 6.30. The third kappa shape index (κ3) is 3.87. The molecule has 0 bridgehead atoms. The van der Waals surface area contributed by atoms with Gasteiger partial charge >= 0.3 is 5.97 Å². The molecule has 0 atom stereocenters. The van der Waals surface area contributed by atoms with Gasteiger partial charge in [0.1, 0.15) is 12.1 Å². The molecule has 0 aromatic carbocycles. The predicted molar refractivity (Wildman–Crippen MR) is 57.3 cm³/mol. The fraction of sp³-hybridized carbons (Fsp3) is 0.273. The maximum Gasteiger partial charge on any atom is 0.317 e.